The van der Waals surface area contributed by atoms with Gasteiger partial charge < -0.3 is 9.84 Å². The lowest BCUT2D eigenvalue weighted by Crippen LogP contribution is -2.36. The highest BCUT2D eigenvalue weighted by atomic mass is 16.5. The van der Waals surface area contributed by atoms with E-state index in [-0.39, 0.29) is 5.97 Å². The molecule has 0 aromatic heterocycles. The van der Waals surface area contributed by atoms with E-state index in [4.69, 9.17) is 4.74 Å². The third kappa shape index (κ3) is 3.07. The Balaban J connectivity index is 2.93. The molecule has 0 amide bonds. The highest BCUT2D eigenvalue weighted by Crippen LogP contribution is 2.30. The van der Waals surface area contributed by atoms with E-state index >= 15 is 0 Å². The molecule has 0 bridgehead atoms. The van der Waals surface area contributed by atoms with Gasteiger partial charge in [0, 0.05) is 0 Å². The average molecular weight is 236 g/mol. The molecule has 3 heteroatoms. The molecule has 0 heterocycles. The molecule has 1 aromatic rings. The molecule has 17 heavy (non-hydrogen) atoms. The molecule has 94 valence electrons. The van der Waals surface area contributed by atoms with Crippen molar-refractivity contribution in [1.29, 1.82) is 0 Å². The van der Waals surface area contributed by atoms with E-state index in [9.17, 15) is 9.90 Å². The summed E-state index contributed by atoms with van der Waals surface area (Å²) in [6, 6.07) is 7.51. The van der Waals surface area contributed by atoms with Crippen molar-refractivity contribution in [2.75, 3.05) is 6.61 Å². The van der Waals surface area contributed by atoms with Crippen LogP contribution < -0.4 is 0 Å². The Morgan fingerprint density at radius 3 is 2.41 bits per heavy atom. The minimum atomic E-state index is -1.21. The van der Waals surface area contributed by atoms with Crippen LogP contribution in [0.15, 0.2) is 24.3 Å². The van der Waals surface area contributed by atoms with Gasteiger partial charge in [0.1, 0.15) is 0 Å². The van der Waals surface area contributed by atoms with Crippen LogP contribution in [-0.2, 0) is 15.1 Å². The normalized spacial score (nSPS) is 16.1. The van der Waals surface area contributed by atoms with Gasteiger partial charge in [-0.05, 0) is 33.3 Å². The number of carbonyl (C=O) groups is 1. The molecule has 3 nitrogen and oxygen atoms in total. The first-order valence-corrected chi connectivity index (χ1v) is 5.85. The first-order chi connectivity index (χ1) is 7.89. The van der Waals surface area contributed by atoms with Crippen LogP contribution in [0.3, 0.4) is 0 Å². The summed E-state index contributed by atoms with van der Waals surface area (Å²) in [5.74, 6) is -0.969. The zero-order valence-electron chi connectivity index (χ0n) is 10.9. The van der Waals surface area contributed by atoms with Crippen molar-refractivity contribution in [2.24, 2.45) is 5.92 Å². The van der Waals surface area contributed by atoms with Crippen LogP contribution in [0, 0.1) is 12.8 Å². The maximum absolute atomic E-state index is 11.6. The van der Waals surface area contributed by atoms with Gasteiger partial charge in [-0.25, -0.2) is 0 Å². The molecule has 0 spiro atoms. The van der Waals surface area contributed by atoms with E-state index < -0.39 is 11.5 Å². The third-order valence-electron chi connectivity index (χ3n) is 3.12. The van der Waals surface area contributed by atoms with Gasteiger partial charge >= 0.3 is 5.97 Å². The fourth-order valence-corrected chi connectivity index (χ4v) is 1.64. The van der Waals surface area contributed by atoms with Crippen LogP contribution in [-0.4, -0.2) is 17.7 Å². The van der Waals surface area contributed by atoms with E-state index in [1.54, 1.807) is 20.8 Å². The second-order valence-electron chi connectivity index (χ2n) is 4.49. The van der Waals surface area contributed by atoms with E-state index in [2.05, 4.69) is 0 Å². The van der Waals surface area contributed by atoms with Gasteiger partial charge in [-0.1, -0.05) is 29.8 Å². The van der Waals surface area contributed by atoms with Crippen molar-refractivity contribution >= 4 is 5.97 Å². The lowest BCUT2D eigenvalue weighted by molar-refractivity contribution is -0.156. The minimum Gasteiger partial charge on any atom is -0.466 e. The van der Waals surface area contributed by atoms with Crippen molar-refractivity contribution < 1.29 is 14.6 Å². The number of esters is 1. The predicted molar refractivity (Wildman–Crippen MR) is 66.5 cm³/mol. The molecule has 0 saturated heterocycles. The second-order valence-corrected chi connectivity index (χ2v) is 4.49. The van der Waals surface area contributed by atoms with Crippen LogP contribution in [0.5, 0.6) is 0 Å². The number of aryl methyl sites for hydroxylation is 1. The van der Waals surface area contributed by atoms with Gasteiger partial charge in [0.25, 0.3) is 0 Å². The number of rotatable bonds is 4. The zero-order chi connectivity index (χ0) is 13.1. The Hall–Kier alpha value is -1.35. The summed E-state index contributed by atoms with van der Waals surface area (Å²) in [4.78, 5) is 11.6. The van der Waals surface area contributed by atoms with E-state index in [1.165, 1.54) is 0 Å². The largest absolute Gasteiger partial charge is 0.466 e. The smallest absolute Gasteiger partial charge is 0.311 e. The first-order valence-electron chi connectivity index (χ1n) is 5.85. The number of benzene rings is 1. The Morgan fingerprint density at radius 2 is 1.94 bits per heavy atom. The predicted octanol–water partition coefficient (Wildman–Crippen LogP) is 2.40. The third-order valence-corrected chi connectivity index (χ3v) is 3.12. The lowest BCUT2D eigenvalue weighted by Gasteiger charge is -2.29. The molecule has 1 N–H and O–H groups in total. The monoisotopic (exact) mass is 236 g/mol. The number of ether oxygens (including phenoxy) is 1. The van der Waals surface area contributed by atoms with Gasteiger partial charge in [-0.2, -0.15) is 0 Å². The summed E-state index contributed by atoms with van der Waals surface area (Å²) in [6.45, 7) is 7.38. The Labute approximate surface area is 102 Å². The zero-order valence-corrected chi connectivity index (χ0v) is 10.9. The van der Waals surface area contributed by atoms with Crippen molar-refractivity contribution in [2.45, 2.75) is 33.3 Å². The molecule has 0 saturated carbocycles. The van der Waals surface area contributed by atoms with Crippen LogP contribution in [0.1, 0.15) is 31.9 Å². The molecule has 0 aliphatic rings. The first kappa shape index (κ1) is 13.7. The second kappa shape index (κ2) is 5.32. The van der Waals surface area contributed by atoms with Crippen molar-refractivity contribution in [3.8, 4) is 0 Å². The molecule has 0 aliphatic carbocycles. The topological polar surface area (TPSA) is 46.5 Å². The van der Waals surface area contributed by atoms with Crippen LogP contribution in [0.25, 0.3) is 0 Å². The summed E-state index contributed by atoms with van der Waals surface area (Å²) in [5.41, 5.74) is 0.636. The van der Waals surface area contributed by atoms with Gasteiger partial charge in [-0.15, -0.1) is 0 Å². The number of hydrogen-bond acceptors (Lipinski definition) is 3. The molecule has 1 rings (SSSR count). The molecular weight excluding hydrogens is 216 g/mol. The van der Waals surface area contributed by atoms with Gasteiger partial charge in [0.2, 0.25) is 0 Å². The minimum absolute atomic E-state index is 0.327. The number of carbonyl (C=O) groups excluding carboxylic acids is 1. The Bertz CT molecular complexity index is 379. The van der Waals surface area contributed by atoms with Crippen molar-refractivity contribution in [1.82, 2.24) is 0 Å². The Morgan fingerprint density at radius 1 is 1.41 bits per heavy atom. The summed E-state index contributed by atoms with van der Waals surface area (Å²) < 4.78 is 4.94. The molecule has 0 fully saturated rings. The molecule has 0 radical (unpaired) electrons. The molecule has 0 unspecified atom stereocenters. The number of hydrogen-bond donors (Lipinski definition) is 1. The van der Waals surface area contributed by atoms with Gasteiger partial charge in [0.05, 0.1) is 18.1 Å². The lowest BCUT2D eigenvalue weighted by atomic mass is 9.84. The maximum atomic E-state index is 11.6. The number of aliphatic hydroxyl groups is 1. The van der Waals surface area contributed by atoms with Crippen LogP contribution >= 0.6 is 0 Å². The summed E-state index contributed by atoms with van der Waals surface area (Å²) in [6.07, 6.45) is 0. The van der Waals surface area contributed by atoms with Crippen molar-refractivity contribution in [3.05, 3.63) is 35.4 Å². The van der Waals surface area contributed by atoms with Crippen LogP contribution in [0.4, 0.5) is 0 Å². The van der Waals surface area contributed by atoms with E-state index in [0.717, 1.165) is 11.1 Å². The maximum Gasteiger partial charge on any atom is 0.311 e. The highest BCUT2D eigenvalue weighted by Gasteiger charge is 2.36. The molecule has 2 atom stereocenters. The fourth-order valence-electron chi connectivity index (χ4n) is 1.64. The molecular formula is C14H20O3. The highest BCUT2D eigenvalue weighted by molar-refractivity contribution is 5.73. The van der Waals surface area contributed by atoms with Gasteiger partial charge in [0.15, 0.2) is 0 Å². The van der Waals surface area contributed by atoms with E-state index in [0.29, 0.717) is 6.61 Å². The molecule has 0 aliphatic heterocycles. The van der Waals surface area contributed by atoms with Gasteiger partial charge in [-0.3, -0.25) is 4.79 Å². The van der Waals surface area contributed by atoms with E-state index in [1.807, 2.05) is 31.2 Å². The fraction of sp³-hybridized carbons (Fsp3) is 0.500. The van der Waals surface area contributed by atoms with Crippen LogP contribution in [0.2, 0.25) is 0 Å². The average Bonchev–Trinajstić information content (AvgIpc) is 2.29. The molecule has 1 aromatic carbocycles. The Kier molecular flexibility index (Phi) is 4.29. The van der Waals surface area contributed by atoms with Crippen molar-refractivity contribution in [3.63, 3.8) is 0 Å². The summed E-state index contributed by atoms with van der Waals surface area (Å²) in [7, 11) is 0. The summed E-state index contributed by atoms with van der Waals surface area (Å²) in [5, 5.41) is 10.4. The summed E-state index contributed by atoms with van der Waals surface area (Å²) >= 11 is 0. The standard InChI is InChI=1S/C14H20O3/c1-5-17-13(15)11(3)14(4,16)12-8-6-10(2)7-9-12/h6-9,11,16H,5H2,1-4H3/t11-,14+/m1/s1. The SMILES string of the molecule is CCOC(=O)[C@@H](C)[C@](C)(O)c1ccc(C)cc1. The quantitative estimate of drug-likeness (QED) is 0.816.